The molecule has 70 valence electrons. The minimum Gasteiger partial charge on any atom is -0.494 e. The third kappa shape index (κ3) is 1.95. The van der Waals surface area contributed by atoms with E-state index in [2.05, 4.69) is 15.9 Å². The molecule has 0 atom stereocenters. The van der Waals surface area contributed by atoms with Gasteiger partial charge in [-0.2, -0.15) is 0 Å². The van der Waals surface area contributed by atoms with E-state index in [0.29, 0.717) is 20.8 Å². The summed E-state index contributed by atoms with van der Waals surface area (Å²) < 4.78 is 5.46. The standard InChI is InChI=1S/C8H7BrClNO2/c1-13-7-5(10)3-2-4(6(7)9)8(11)12/h2-3H,1H3,(H2,11,12). The Bertz CT molecular complexity index is 354. The molecule has 0 aromatic heterocycles. The molecule has 2 N–H and O–H groups in total. The van der Waals surface area contributed by atoms with Gasteiger partial charge in [-0.05, 0) is 28.1 Å². The highest BCUT2D eigenvalue weighted by Crippen LogP contribution is 2.35. The predicted octanol–water partition coefficient (Wildman–Crippen LogP) is 2.21. The fourth-order valence-electron chi connectivity index (χ4n) is 0.910. The van der Waals surface area contributed by atoms with Crippen LogP contribution in [0.1, 0.15) is 10.4 Å². The summed E-state index contributed by atoms with van der Waals surface area (Å²) in [5.41, 5.74) is 5.47. The lowest BCUT2D eigenvalue weighted by molar-refractivity contribution is 0.0999. The topological polar surface area (TPSA) is 52.3 Å². The molecule has 1 rings (SSSR count). The molecule has 1 aromatic carbocycles. The maximum atomic E-state index is 10.9. The van der Waals surface area contributed by atoms with Crippen LogP contribution in [0.25, 0.3) is 0 Å². The van der Waals surface area contributed by atoms with E-state index in [1.165, 1.54) is 13.2 Å². The van der Waals surface area contributed by atoms with Crippen LogP contribution < -0.4 is 10.5 Å². The van der Waals surface area contributed by atoms with Crippen LogP contribution >= 0.6 is 27.5 Å². The van der Waals surface area contributed by atoms with Gasteiger partial charge in [-0.3, -0.25) is 4.79 Å². The molecule has 0 heterocycles. The highest BCUT2D eigenvalue weighted by molar-refractivity contribution is 9.10. The zero-order chi connectivity index (χ0) is 10.0. The van der Waals surface area contributed by atoms with E-state index in [-0.39, 0.29) is 0 Å². The molecule has 0 aliphatic carbocycles. The van der Waals surface area contributed by atoms with Gasteiger partial charge < -0.3 is 10.5 Å². The number of ether oxygens (including phenoxy) is 1. The van der Waals surface area contributed by atoms with Crippen molar-refractivity contribution in [2.45, 2.75) is 0 Å². The maximum Gasteiger partial charge on any atom is 0.249 e. The molecule has 13 heavy (non-hydrogen) atoms. The Morgan fingerprint density at radius 1 is 1.62 bits per heavy atom. The van der Waals surface area contributed by atoms with Crippen molar-refractivity contribution in [2.24, 2.45) is 5.73 Å². The number of primary amides is 1. The van der Waals surface area contributed by atoms with Crippen LogP contribution in [0.2, 0.25) is 5.02 Å². The number of nitrogens with two attached hydrogens (primary N) is 1. The summed E-state index contributed by atoms with van der Waals surface area (Å²) in [5, 5.41) is 0.430. The number of rotatable bonds is 2. The maximum absolute atomic E-state index is 10.9. The van der Waals surface area contributed by atoms with Crippen LogP contribution in [-0.4, -0.2) is 13.0 Å². The number of hydrogen-bond acceptors (Lipinski definition) is 2. The van der Waals surface area contributed by atoms with Gasteiger partial charge in [0.1, 0.15) is 0 Å². The van der Waals surface area contributed by atoms with Crippen molar-refractivity contribution >= 4 is 33.4 Å². The van der Waals surface area contributed by atoms with Gasteiger partial charge in [0.15, 0.2) is 5.75 Å². The fourth-order valence-corrected chi connectivity index (χ4v) is 1.96. The Labute approximate surface area is 88.9 Å². The summed E-state index contributed by atoms with van der Waals surface area (Å²) in [6.45, 7) is 0. The SMILES string of the molecule is COc1c(Cl)ccc(C(N)=O)c1Br. The van der Waals surface area contributed by atoms with Gasteiger partial charge in [0.25, 0.3) is 0 Å². The number of hydrogen-bond donors (Lipinski definition) is 1. The summed E-state index contributed by atoms with van der Waals surface area (Å²) in [5.74, 6) is -0.111. The molecule has 0 aliphatic heterocycles. The summed E-state index contributed by atoms with van der Waals surface area (Å²) >= 11 is 8.98. The first-order valence-electron chi connectivity index (χ1n) is 3.39. The molecular weight excluding hydrogens is 257 g/mol. The van der Waals surface area contributed by atoms with Gasteiger partial charge in [-0.15, -0.1) is 0 Å². The number of benzene rings is 1. The number of amides is 1. The number of halogens is 2. The van der Waals surface area contributed by atoms with Crippen LogP contribution in [0.5, 0.6) is 5.75 Å². The molecule has 1 amide bonds. The van der Waals surface area contributed by atoms with Crippen molar-refractivity contribution in [3.05, 3.63) is 27.2 Å². The van der Waals surface area contributed by atoms with Crippen molar-refractivity contribution < 1.29 is 9.53 Å². The van der Waals surface area contributed by atoms with Gasteiger partial charge in [0.2, 0.25) is 5.91 Å². The van der Waals surface area contributed by atoms with E-state index in [4.69, 9.17) is 22.1 Å². The Morgan fingerprint density at radius 3 is 2.69 bits per heavy atom. The lowest BCUT2D eigenvalue weighted by atomic mass is 10.2. The van der Waals surface area contributed by atoms with Gasteiger partial charge in [0, 0.05) is 0 Å². The smallest absolute Gasteiger partial charge is 0.249 e. The molecular formula is C8H7BrClNO2. The Balaban J connectivity index is 3.35. The molecule has 0 unspecified atom stereocenters. The molecule has 1 aromatic rings. The van der Waals surface area contributed by atoms with E-state index in [9.17, 15) is 4.79 Å². The van der Waals surface area contributed by atoms with Gasteiger partial charge in [0.05, 0.1) is 22.2 Å². The van der Waals surface area contributed by atoms with E-state index in [0.717, 1.165) is 0 Å². The highest BCUT2D eigenvalue weighted by Gasteiger charge is 2.13. The molecule has 0 saturated carbocycles. The molecule has 3 nitrogen and oxygen atoms in total. The Kier molecular flexibility index (Phi) is 3.17. The predicted molar refractivity (Wildman–Crippen MR) is 54.2 cm³/mol. The van der Waals surface area contributed by atoms with E-state index >= 15 is 0 Å². The molecule has 0 bridgehead atoms. The lowest BCUT2D eigenvalue weighted by Crippen LogP contribution is -2.12. The molecule has 5 heteroatoms. The van der Waals surface area contributed by atoms with E-state index < -0.39 is 5.91 Å². The van der Waals surface area contributed by atoms with Crippen LogP contribution in [0.4, 0.5) is 0 Å². The zero-order valence-electron chi connectivity index (χ0n) is 6.80. The Morgan fingerprint density at radius 2 is 2.23 bits per heavy atom. The summed E-state index contributed by atoms with van der Waals surface area (Å²) in [7, 11) is 1.47. The van der Waals surface area contributed by atoms with Gasteiger partial charge in [-0.1, -0.05) is 11.6 Å². The van der Waals surface area contributed by atoms with Crippen molar-refractivity contribution in [3.8, 4) is 5.75 Å². The average molecular weight is 265 g/mol. The summed E-state index contributed by atoms with van der Waals surface area (Å²) in [6.07, 6.45) is 0. The van der Waals surface area contributed by atoms with E-state index in [1.54, 1.807) is 6.07 Å². The third-order valence-corrected chi connectivity index (χ3v) is 2.60. The van der Waals surface area contributed by atoms with E-state index in [1.807, 2.05) is 0 Å². The monoisotopic (exact) mass is 263 g/mol. The Hall–Kier alpha value is -0.740. The van der Waals surface area contributed by atoms with Crippen molar-refractivity contribution in [1.29, 1.82) is 0 Å². The number of methoxy groups -OCH3 is 1. The molecule has 0 saturated heterocycles. The molecule has 0 spiro atoms. The minimum absolute atomic E-state index is 0.348. The average Bonchev–Trinajstić information content (AvgIpc) is 2.04. The van der Waals surface area contributed by atoms with Crippen LogP contribution in [0.3, 0.4) is 0 Å². The first-order chi connectivity index (χ1) is 6.07. The molecule has 0 fully saturated rings. The lowest BCUT2D eigenvalue weighted by Gasteiger charge is -2.07. The minimum atomic E-state index is -0.526. The van der Waals surface area contributed by atoms with Crippen LogP contribution in [-0.2, 0) is 0 Å². The zero-order valence-corrected chi connectivity index (χ0v) is 9.15. The second-order valence-corrected chi connectivity index (χ2v) is 3.51. The van der Waals surface area contributed by atoms with Crippen molar-refractivity contribution in [3.63, 3.8) is 0 Å². The fraction of sp³-hybridized carbons (Fsp3) is 0.125. The van der Waals surface area contributed by atoms with Crippen LogP contribution in [0.15, 0.2) is 16.6 Å². The van der Waals surface area contributed by atoms with Gasteiger partial charge in [-0.25, -0.2) is 0 Å². The first-order valence-corrected chi connectivity index (χ1v) is 4.56. The second kappa shape index (κ2) is 3.98. The summed E-state index contributed by atoms with van der Waals surface area (Å²) in [6, 6.07) is 3.10. The van der Waals surface area contributed by atoms with Crippen molar-refractivity contribution in [2.75, 3.05) is 7.11 Å². The molecule has 0 radical (unpaired) electrons. The summed E-state index contributed by atoms with van der Waals surface area (Å²) in [4.78, 5) is 10.9. The van der Waals surface area contributed by atoms with Gasteiger partial charge >= 0.3 is 0 Å². The number of carbonyl (C=O) groups is 1. The quantitative estimate of drug-likeness (QED) is 0.890. The molecule has 0 aliphatic rings. The van der Waals surface area contributed by atoms with Crippen molar-refractivity contribution in [1.82, 2.24) is 0 Å². The third-order valence-electron chi connectivity index (χ3n) is 1.52. The largest absolute Gasteiger partial charge is 0.494 e. The first kappa shape index (κ1) is 10.3. The second-order valence-electron chi connectivity index (χ2n) is 2.31. The van der Waals surface area contributed by atoms with Crippen LogP contribution in [0, 0.1) is 0 Å². The normalized spacial score (nSPS) is 9.77. The number of carbonyl (C=O) groups excluding carboxylic acids is 1. The highest BCUT2D eigenvalue weighted by atomic mass is 79.9.